The average Bonchev–Trinajstić information content (AvgIpc) is 3.48. The van der Waals surface area contributed by atoms with Crippen molar-refractivity contribution in [1.29, 1.82) is 0 Å². The predicted octanol–water partition coefficient (Wildman–Crippen LogP) is 4.62. The van der Waals surface area contributed by atoms with Crippen molar-refractivity contribution in [2.45, 2.75) is 20.0 Å². The van der Waals surface area contributed by atoms with E-state index in [2.05, 4.69) is 30.9 Å². The molecule has 3 aromatic heterocycles. The molecular formula is C25H21ClFN7O2. The zero-order chi connectivity index (χ0) is 25.1. The fraction of sp³-hybridized carbons (Fsp3) is 0.160. The summed E-state index contributed by atoms with van der Waals surface area (Å²) in [5.41, 5.74) is 2.89. The van der Waals surface area contributed by atoms with E-state index >= 15 is 0 Å². The van der Waals surface area contributed by atoms with Crippen LogP contribution >= 0.6 is 11.6 Å². The van der Waals surface area contributed by atoms with Crippen LogP contribution in [0.3, 0.4) is 0 Å². The molecule has 1 amide bonds. The first-order valence-electron chi connectivity index (χ1n) is 11.2. The van der Waals surface area contributed by atoms with Crippen LogP contribution in [0, 0.1) is 12.7 Å². The first kappa shape index (κ1) is 23.4. The molecule has 5 rings (SSSR count). The molecule has 9 nitrogen and oxygen atoms in total. The lowest BCUT2D eigenvalue weighted by atomic mass is 10.1. The van der Waals surface area contributed by atoms with Crippen molar-refractivity contribution in [2.75, 3.05) is 11.9 Å². The van der Waals surface area contributed by atoms with Gasteiger partial charge in [0.15, 0.2) is 5.65 Å². The normalized spacial score (nSPS) is 11.1. The van der Waals surface area contributed by atoms with Gasteiger partial charge in [0.1, 0.15) is 35.0 Å². The summed E-state index contributed by atoms with van der Waals surface area (Å²) in [6, 6.07) is 13.4. The zero-order valence-electron chi connectivity index (χ0n) is 19.2. The number of fused-ring (bicyclic) bond motifs is 1. The number of aromatic nitrogens is 5. The number of rotatable bonds is 8. The second-order valence-corrected chi connectivity index (χ2v) is 8.41. The smallest absolute Gasteiger partial charge is 0.257 e. The molecule has 36 heavy (non-hydrogen) atoms. The molecule has 5 aromatic rings. The molecule has 0 fully saturated rings. The summed E-state index contributed by atoms with van der Waals surface area (Å²) in [4.78, 5) is 21.6. The van der Waals surface area contributed by atoms with Crippen LogP contribution in [0.5, 0.6) is 0 Å². The number of aryl methyl sites for hydroxylation is 1. The van der Waals surface area contributed by atoms with E-state index in [1.54, 1.807) is 48.1 Å². The van der Waals surface area contributed by atoms with Gasteiger partial charge >= 0.3 is 0 Å². The number of carbonyl (C=O) groups is 1. The van der Waals surface area contributed by atoms with Crippen LogP contribution in [-0.2, 0) is 13.1 Å². The predicted molar refractivity (Wildman–Crippen MR) is 133 cm³/mol. The van der Waals surface area contributed by atoms with Crippen LogP contribution in [-0.4, -0.2) is 37.4 Å². The molecule has 0 aliphatic rings. The Hall–Kier alpha value is -4.31. The van der Waals surface area contributed by atoms with E-state index in [1.165, 1.54) is 18.5 Å². The van der Waals surface area contributed by atoms with E-state index in [4.69, 9.17) is 16.1 Å². The summed E-state index contributed by atoms with van der Waals surface area (Å²) in [5, 5.41) is 15.8. The summed E-state index contributed by atoms with van der Waals surface area (Å²) in [5.74, 6) is 0.410. The number of nitrogens with zero attached hydrogens (tertiary/aromatic N) is 5. The van der Waals surface area contributed by atoms with E-state index in [0.29, 0.717) is 58.7 Å². The maximum Gasteiger partial charge on any atom is 0.257 e. The van der Waals surface area contributed by atoms with Crippen molar-refractivity contribution in [3.63, 3.8) is 0 Å². The number of carbonyl (C=O) groups excluding carboxylic acids is 1. The lowest BCUT2D eigenvalue weighted by molar-refractivity contribution is 0.0951. The lowest BCUT2D eigenvalue weighted by Gasteiger charge is -2.08. The molecule has 182 valence electrons. The third-order valence-corrected chi connectivity index (χ3v) is 5.96. The minimum atomic E-state index is -0.323. The Balaban J connectivity index is 1.26. The summed E-state index contributed by atoms with van der Waals surface area (Å²) in [7, 11) is 0. The monoisotopic (exact) mass is 505 g/mol. The van der Waals surface area contributed by atoms with E-state index < -0.39 is 0 Å². The van der Waals surface area contributed by atoms with Gasteiger partial charge in [0, 0.05) is 18.7 Å². The Morgan fingerprint density at radius 2 is 1.94 bits per heavy atom. The molecule has 0 atom stereocenters. The lowest BCUT2D eigenvalue weighted by Crippen LogP contribution is -2.28. The van der Waals surface area contributed by atoms with Gasteiger partial charge in [0.05, 0.1) is 23.2 Å². The number of halogens is 2. The minimum absolute atomic E-state index is 0.282. The molecule has 2 N–H and O–H groups in total. The fourth-order valence-electron chi connectivity index (χ4n) is 3.83. The van der Waals surface area contributed by atoms with E-state index in [-0.39, 0.29) is 11.7 Å². The van der Waals surface area contributed by atoms with Crippen LogP contribution < -0.4 is 10.6 Å². The summed E-state index contributed by atoms with van der Waals surface area (Å²) in [6.45, 7) is 2.83. The van der Waals surface area contributed by atoms with Gasteiger partial charge in [-0.3, -0.25) is 4.79 Å². The highest BCUT2D eigenvalue weighted by Crippen LogP contribution is 2.31. The average molecular weight is 506 g/mol. The number of anilines is 1. The van der Waals surface area contributed by atoms with Gasteiger partial charge in [-0.15, -0.1) is 0 Å². The number of amides is 1. The van der Waals surface area contributed by atoms with Crippen molar-refractivity contribution in [3.8, 4) is 11.3 Å². The molecule has 0 aliphatic carbocycles. The topological polar surface area (TPSA) is 111 Å². The van der Waals surface area contributed by atoms with Crippen LogP contribution in [0.15, 0.2) is 65.6 Å². The van der Waals surface area contributed by atoms with Crippen molar-refractivity contribution in [1.82, 2.24) is 30.2 Å². The van der Waals surface area contributed by atoms with Crippen molar-refractivity contribution < 1.29 is 13.7 Å². The Labute approximate surface area is 210 Å². The number of hydrogen-bond donors (Lipinski definition) is 2. The highest BCUT2D eigenvalue weighted by atomic mass is 35.5. The van der Waals surface area contributed by atoms with Crippen molar-refractivity contribution in [2.24, 2.45) is 0 Å². The van der Waals surface area contributed by atoms with Gasteiger partial charge in [-0.2, -0.15) is 5.10 Å². The number of nitrogens with one attached hydrogen (secondary N) is 2. The van der Waals surface area contributed by atoms with Crippen molar-refractivity contribution in [3.05, 3.63) is 88.8 Å². The molecule has 0 aliphatic heterocycles. The first-order chi connectivity index (χ1) is 17.5. The third kappa shape index (κ3) is 4.76. The molecule has 0 unspecified atom stereocenters. The second-order valence-electron chi connectivity index (χ2n) is 8.01. The molecule has 0 bridgehead atoms. The van der Waals surface area contributed by atoms with Gasteiger partial charge in [-0.25, -0.2) is 19.0 Å². The molecular weight excluding hydrogens is 485 g/mol. The second kappa shape index (κ2) is 10.1. The minimum Gasteiger partial charge on any atom is -0.365 e. The van der Waals surface area contributed by atoms with E-state index in [1.807, 2.05) is 6.07 Å². The highest BCUT2D eigenvalue weighted by Gasteiger charge is 2.23. The first-order valence-corrected chi connectivity index (χ1v) is 11.5. The number of hydrogen-bond acceptors (Lipinski definition) is 7. The third-order valence-electron chi connectivity index (χ3n) is 5.63. The maximum atomic E-state index is 13.1. The summed E-state index contributed by atoms with van der Waals surface area (Å²) >= 11 is 6.29. The Morgan fingerprint density at radius 3 is 2.75 bits per heavy atom. The number of benzene rings is 2. The Bertz CT molecular complexity index is 1530. The van der Waals surface area contributed by atoms with Gasteiger partial charge in [-0.1, -0.05) is 47.1 Å². The molecule has 3 heterocycles. The SMILES string of the molecule is Cc1onc(-c2ccccc2Cl)c1C(=O)NCCn1ncc2c(NCc3ccc(F)cc3)ncnc21. The molecule has 11 heteroatoms. The Kier molecular flexibility index (Phi) is 6.59. The van der Waals surface area contributed by atoms with Crippen molar-refractivity contribution >= 4 is 34.4 Å². The standard InChI is InChI=1S/C25H21ClFN7O2/c1-15-21(22(33-36-15)18-4-2-3-5-20(18)26)25(35)28-10-11-34-24-19(13-32-34)23(30-14-31-24)29-12-16-6-8-17(27)9-7-16/h2-9,13-14H,10-12H2,1H3,(H,28,35)(H,29,30,31). The quantitative estimate of drug-likeness (QED) is 0.316. The van der Waals surface area contributed by atoms with Gasteiger partial charge < -0.3 is 15.2 Å². The summed E-state index contributed by atoms with van der Waals surface area (Å²) < 4.78 is 20.1. The van der Waals surface area contributed by atoms with Gasteiger partial charge in [0.25, 0.3) is 5.91 Å². The fourth-order valence-corrected chi connectivity index (χ4v) is 4.05. The van der Waals surface area contributed by atoms with Crippen LogP contribution in [0.25, 0.3) is 22.3 Å². The highest BCUT2D eigenvalue weighted by molar-refractivity contribution is 6.33. The molecule has 0 saturated heterocycles. The largest absolute Gasteiger partial charge is 0.365 e. The zero-order valence-corrected chi connectivity index (χ0v) is 20.0. The van der Waals surface area contributed by atoms with Crippen LogP contribution in [0.2, 0.25) is 5.02 Å². The molecule has 2 aromatic carbocycles. The Morgan fingerprint density at radius 1 is 1.14 bits per heavy atom. The van der Waals surface area contributed by atoms with Gasteiger partial charge in [-0.05, 0) is 30.7 Å². The molecule has 0 saturated carbocycles. The maximum absolute atomic E-state index is 13.1. The van der Waals surface area contributed by atoms with Crippen LogP contribution in [0.1, 0.15) is 21.7 Å². The molecule has 0 radical (unpaired) electrons. The molecule has 0 spiro atoms. The van der Waals surface area contributed by atoms with Crippen LogP contribution in [0.4, 0.5) is 10.2 Å². The van der Waals surface area contributed by atoms with Gasteiger partial charge in [0.2, 0.25) is 0 Å². The summed E-state index contributed by atoms with van der Waals surface area (Å²) in [6.07, 6.45) is 3.12. The van der Waals surface area contributed by atoms with E-state index in [9.17, 15) is 9.18 Å². The van der Waals surface area contributed by atoms with E-state index in [0.717, 1.165) is 10.9 Å².